The van der Waals surface area contributed by atoms with Crippen LogP contribution in [-0.2, 0) is 0 Å². The van der Waals surface area contributed by atoms with E-state index in [1.165, 1.54) is 5.56 Å². The summed E-state index contributed by atoms with van der Waals surface area (Å²) >= 11 is 0. The highest BCUT2D eigenvalue weighted by Gasteiger charge is 2.29. The summed E-state index contributed by atoms with van der Waals surface area (Å²) in [5, 5.41) is 3.34. The van der Waals surface area contributed by atoms with Crippen molar-refractivity contribution in [2.75, 3.05) is 25.0 Å². The Balaban J connectivity index is 1.47. The molecule has 6 nitrogen and oxygen atoms in total. The van der Waals surface area contributed by atoms with Crippen LogP contribution in [0.4, 0.5) is 5.82 Å². The Morgan fingerprint density at radius 3 is 3.04 bits per heavy atom. The zero-order valence-corrected chi connectivity index (χ0v) is 14.3. The van der Waals surface area contributed by atoms with Crippen LogP contribution >= 0.6 is 0 Å². The fraction of sp³-hybridized carbons (Fsp3) is 0.421. The van der Waals surface area contributed by atoms with Crippen molar-refractivity contribution in [3.8, 4) is 5.75 Å². The summed E-state index contributed by atoms with van der Waals surface area (Å²) in [6.07, 6.45) is 7.22. The van der Waals surface area contributed by atoms with Crippen LogP contribution in [0.2, 0.25) is 0 Å². The molecule has 0 radical (unpaired) electrons. The van der Waals surface area contributed by atoms with Gasteiger partial charge in [-0.15, -0.1) is 0 Å². The second-order valence-corrected chi connectivity index (χ2v) is 6.65. The van der Waals surface area contributed by atoms with E-state index in [1.54, 1.807) is 18.6 Å². The van der Waals surface area contributed by atoms with Crippen molar-refractivity contribution in [2.45, 2.75) is 31.7 Å². The number of rotatable bonds is 3. The molecule has 2 aliphatic heterocycles. The zero-order valence-electron chi connectivity index (χ0n) is 14.3. The lowest BCUT2D eigenvalue weighted by atomic mass is 10.00. The Bertz CT molecular complexity index is 765. The molecule has 2 aromatic rings. The van der Waals surface area contributed by atoms with Crippen LogP contribution in [0.15, 0.2) is 36.8 Å². The number of nitrogens with zero attached hydrogens (tertiary/aromatic N) is 3. The Hall–Kier alpha value is -2.63. The number of anilines is 1. The summed E-state index contributed by atoms with van der Waals surface area (Å²) in [6.45, 7) is 4.21. The van der Waals surface area contributed by atoms with Gasteiger partial charge in [0, 0.05) is 37.6 Å². The van der Waals surface area contributed by atoms with Crippen LogP contribution in [0, 0.1) is 0 Å². The number of carbonyl (C=O) groups excluding carboxylic acids is 1. The van der Waals surface area contributed by atoms with E-state index in [4.69, 9.17) is 4.74 Å². The van der Waals surface area contributed by atoms with Crippen LogP contribution in [-0.4, -0.2) is 46.5 Å². The quantitative estimate of drug-likeness (QED) is 0.932. The molecule has 2 aromatic heterocycles. The average molecular weight is 338 g/mol. The number of ether oxygens (including phenoxy) is 1. The summed E-state index contributed by atoms with van der Waals surface area (Å²) < 4.78 is 5.77. The number of aromatic nitrogens is 2. The Morgan fingerprint density at radius 1 is 1.40 bits per heavy atom. The average Bonchev–Trinajstić information content (AvgIpc) is 3.17. The number of likely N-dealkylation sites (tertiary alicyclic amines) is 1. The van der Waals surface area contributed by atoms with Gasteiger partial charge in [0.25, 0.3) is 5.91 Å². The lowest BCUT2D eigenvalue weighted by molar-refractivity contribution is 0.0790. The predicted molar refractivity (Wildman–Crippen MR) is 94.9 cm³/mol. The van der Waals surface area contributed by atoms with Gasteiger partial charge in [-0.25, -0.2) is 4.98 Å². The lowest BCUT2D eigenvalue weighted by Crippen LogP contribution is -2.32. The molecule has 4 heterocycles. The van der Waals surface area contributed by atoms with E-state index in [-0.39, 0.29) is 11.9 Å². The molecule has 6 heteroatoms. The molecule has 4 rings (SSSR count). The van der Waals surface area contributed by atoms with Crippen LogP contribution in [0.25, 0.3) is 0 Å². The zero-order chi connectivity index (χ0) is 17.2. The van der Waals surface area contributed by atoms with Crippen molar-refractivity contribution in [1.29, 1.82) is 0 Å². The number of carbonyl (C=O) groups is 1. The molecule has 0 aromatic carbocycles. The van der Waals surface area contributed by atoms with Crippen molar-refractivity contribution in [3.63, 3.8) is 0 Å². The first-order chi connectivity index (χ1) is 12.2. The van der Waals surface area contributed by atoms with Crippen LogP contribution < -0.4 is 10.1 Å². The topological polar surface area (TPSA) is 67.3 Å². The van der Waals surface area contributed by atoms with Gasteiger partial charge in [-0.05, 0) is 36.6 Å². The Morgan fingerprint density at radius 2 is 2.24 bits per heavy atom. The molecule has 0 aliphatic carbocycles. The van der Waals surface area contributed by atoms with Crippen molar-refractivity contribution >= 4 is 11.7 Å². The maximum absolute atomic E-state index is 12.8. The van der Waals surface area contributed by atoms with Gasteiger partial charge in [0.2, 0.25) is 0 Å². The first-order valence-electron chi connectivity index (χ1n) is 8.83. The summed E-state index contributed by atoms with van der Waals surface area (Å²) in [5.41, 5.74) is 1.83. The van der Waals surface area contributed by atoms with Crippen LogP contribution in [0.5, 0.6) is 5.75 Å². The third-order valence-electron chi connectivity index (χ3n) is 5.03. The van der Waals surface area contributed by atoms with Crippen molar-refractivity contribution < 1.29 is 9.53 Å². The first-order valence-corrected chi connectivity index (χ1v) is 8.83. The number of amides is 1. The molecule has 1 amide bonds. The second-order valence-electron chi connectivity index (χ2n) is 6.65. The maximum atomic E-state index is 12.8. The maximum Gasteiger partial charge on any atom is 0.255 e. The molecule has 1 saturated heterocycles. The minimum atomic E-state index is 0.0214. The molecule has 0 bridgehead atoms. The highest BCUT2D eigenvalue weighted by atomic mass is 16.5. The fourth-order valence-corrected chi connectivity index (χ4v) is 3.46. The molecule has 0 spiro atoms. The van der Waals surface area contributed by atoms with Gasteiger partial charge in [0.15, 0.2) is 11.6 Å². The van der Waals surface area contributed by atoms with Gasteiger partial charge in [0.1, 0.15) is 6.61 Å². The van der Waals surface area contributed by atoms with Gasteiger partial charge < -0.3 is 15.0 Å². The van der Waals surface area contributed by atoms with Gasteiger partial charge >= 0.3 is 0 Å². The van der Waals surface area contributed by atoms with Crippen LogP contribution in [0.1, 0.15) is 41.6 Å². The minimum absolute atomic E-state index is 0.0214. The van der Waals surface area contributed by atoms with E-state index >= 15 is 0 Å². The van der Waals surface area contributed by atoms with Crippen LogP contribution in [0.3, 0.4) is 0 Å². The molecule has 130 valence electrons. The number of hydrogen-bond acceptors (Lipinski definition) is 5. The third-order valence-corrected chi connectivity index (χ3v) is 5.03. The second kappa shape index (κ2) is 6.70. The minimum Gasteiger partial charge on any atom is -0.488 e. The smallest absolute Gasteiger partial charge is 0.255 e. The molecule has 2 atom stereocenters. The molecule has 1 fully saturated rings. The van der Waals surface area contributed by atoms with E-state index in [9.17, 15) is 4.79 Å². The number of nitrogens with one attached hydrogen (secondary N) is 1. The lowest BCUT2D eigenvalue weighted by Gasteiger charge is -2.26. The standard InChI is InChI=1S/C19H22N4O2/c1-2-16-12-25-17-9-15(10-21-18(17)22-16)19(24)23-8-5-14(11-23)13-3-6-20-7-4-13/h3-4,6-7,9-10,14,16H,2,5,8,11-12H2,1H3,(H,21,22)/t14?,16-/m1/s1. The molecule has 0 saturated carbocycles. The van der Waals surface area contributed by atoms with E-state index < -0.39 is 0 Å². The molecular weight excluding hydrogens is 316 g/mol. The Kier molecular flexibility index (Phi) is 4.26. The molecule has 25 heavy (non-hydrogen) atoms. The van der Waals surface area contributed by atoms with Gasteiger partial charge in [-0.2, -0.15) is 0 Å². The molecular formula is C19H22N4O2. The number of pyridine rings is 2. The van der Waals surface area contributed by atoms with E-state index in [0.717, 1.165) is 31.7 Å². The van der Waals surface area contributed by atoms with E-state index in [0.29, 0.717) is 23.8 Å². The van der Waals surface area contributed by atoms with E-state index in [1.807, 2.05) is 23.1 Å². The molecule has 2 aliphatic rings. The van der Waals surface area contributed by atoms with Crippen molar-refractivity contribution in [2.24, 2.45) is 0 Å². The Labute approximate surface area is 147 Å². The highest BCUT2D eigenvalue weighted by molar-refractivity contribution is 5.95. The molecule has 1 N–H and O–H groups in total. The van der Waals surface area contributed by atoms with Gasteiger partial charge in [-0.1, -0.05) is 6.92 Å². The summed E-state index contributed by atoms with van der Waals surface area (Å²) in [4.78, 5) is 23.2. The molecule has 1 unspecified atom stereocenters. The van der Waals surface area contributed by atoms with Gasteiger partial charge in [0.05, 0.1) is 11.6 Å². The summed E-state index contributed by atoms with van der Waals surface area (Å²) in [7, 11) is 0. The SMILES string of the molecule is CC[C@@H]1COc2cc(C(=O)N3CCC(c4ccncc4)C3)cnc2N1. The first kappa shape index (κ1) is 15.9. The number of fused-ring (bicyclic) bond motifs is 1. The largest absolute Gasteiger partial charge is 0.488 e. The third kappa shape index (κ3) is 3.16. The fourth-order valence-electron chi connectivity index (χ4n) is 3.46. The van der Waals surface area contributed by atoms with Gasteiger partial charge in [-0.3, -0.25) is 9.78 Å². The van der Waals surface area contributed by atoms with E-state index in [2.05, 4.69) is 22.2 Å². The number of hydrogen-bond donors (Lipinski definition) is 1. The normalized spacial score (nSPS) is 22.0. The van der Waals surface area contributed by atoms with Crippen molar-refractivity contribution in [1.82, 2.24) is 14.9 Å². The monoisotopic (exact) mass is 338 g/mol. The highest BCUT2D eigenvalue weighted by Crippen LogP contribution is 2.31. The summed E-state index contributed by atoms with van der Waals surface area (Å²) in [5.74, 6) is 1.79. The summed E-state index contributed by atoms with van der Waals surface area (Å²) in [6, 6.07) is 6.15. The van der Waals surface area contributed by atoms with Crippen molar-refractivity contribution in [3.05, 3.63) is 47.9 Å². The predicted octanol–water partition coefficient (Wildman–Crippen LogP) is 2.69.